The van der Waals surface area contributed by atoms with Gasteiger partial charge in [0.1, 0.15) is 11.2 Å². The van der Waals surface area contributed by atoms with E-state index in [0.717, 1.165) is 72.8 Å². The fraction of sp³-hybridized carbons (Fsp3) is 0.600. The van der Waals surface area contributed by atoms with Crippen LogP contribution in [0.2, 0.25) is 0 Å². The number of hydrogen-bond donors (Lipinski definition) is 11. The Bertz CT molecular complexity index is 3290. The number of carbonyl (C=O) groups excluding carboxylic acids is 2. The molecule has 448 valence electrons. The number of ether oxygens (including phenoxy) is 1. The third kappa shape index (κ3) is 9.75. The van der Waals surface area contributed by atoms with Crippen LogP contribution in [0.1, 0.15) is 161 Å². The Hall–Kier alpha value is -5.50. The Morgan fingerprint density at radius 2 is 1.73 bits per heavy atom. The first-order valence-corrected chi connectivity index (χ1v) is 32.1. The standard InChI is InChI=1S/C70H89N5O9/c1-4-37-33-74-59(71)30-48(37)47(40-13-12-38-10-6-7-11-39(38)24-40)29-53(77)52(76)25-42-18-22-70(57(80)16-14-41-26-56(84-3)54(78)28-46(41)42)23-19-43(27-58(70)81)61-45(15-17-60(82)83)49-36-73-51-31-55(79)67-66-62-44(32-69(67)20-8-9-21-69)34-75-68(62)64(63(49)65(51)66)50(61)35-72-5-2/h6-7,10-13,24,26,28,30,34,42-43,45,47,49-53,58,60-61,63-67,72-78,81-83H,4-5,8-9,14-17,19-21,23,25,27,29,31-33,35-36,71H2,1-3H3. The maximum atomic E-state index is 15.2. The van der Waals surface area contributed by atoms with Crippen LogP contribution >= 0.6 is 0 Å². The van der Waals surface area contributed by atoms with Gasteiger partial charge in [-0.15, -0.1) is 0 Å². The third-order valence-corrected chi connectivity index (χ3v) is 23.4. The highest BCUT2D eigenvalue weighted by atomic mass is 16.5. The normalized spacial score (nSPS) is 33.9. The Balaban J connectivity index is 0.837. The van der Waals surface area contributed by atoms with Gasteiger partial charge in [-0.25, -0.2) is 0 Å². The molecule has 7 aliphatic carbocycles. The summed E-state index contributed by atoms with van der Waals surface area (Å²) in [6.45, 7) is 7.13. The number of rotatable bonds is 16. The topological polar surface area (TPSA) is 243 Å². The number of methoxy groups -OCH3 is 1. The number of fused-ring (bicyclic) bond motifs is 4. The number of aromatic hydroxyl groups is 1. The molecule has 4 saturated carbocycles. The van der Waals surface area contributed by atoms with E-state index in [-0.39, 0.29) is 126 Å². The van der Waals surface area contributed by atoms with E-state index >= 15 is 4.79 Å². The molecular formula is C70H89N5O9. The van der Waals surface area contributed by atoms with Crippen LogP contribution in [0.4, 0.5) is 0 Å². The lowest BCUT2D eigenvalue weighted by Gasteiger charge is -2.66. The number of Topliss-reactive ketones (excluding diaryl/α,β-unsaturated/α-hetero) is 2. The quantitative estimate of drug-likeness (QED) is 0.0377. The number of dihydropyridines is 1. The molecule has 1 aromatic heterocycles. The van der Waals surface area contributed by atoms with Crippen molar-refractivity contribution in [3.63, 3.8) is 0 Å². The summed E-state index contributed by atoms with van der Waals surface area (Å²) in [7, 11) is 1.49. The largest absolute Gasteiger partial charge is 0.504 e. The van der Waals surface area contributed by atoms with Crippen molar-refractivity contribution in [1.82, 2.24) is 20.9 Å². The number of aliphatic hydroxyl groups is 5. The summed E-state index contributed by atoms with van der Waals surface area (Å²) >= 11 is 0. The average Bonchev–Trinajstić information content (AvgIpc) is 1.22. The van der Waals surface area contributed by atoms with Crippen molar-refractivity contribution in [1.29, 1.82) is 0 Å². The minimum Gasteiger partial charge on any atom is -0.504 e. The highest BCUT2D eigenvalue weighted by Crippen LogP contribution is 2.71. The SMILES string of the molecule is CCNCC1C2c3[nH]cc4c3C3C5C(CC(=O)C3C3(CCCC3)C4)NCC(C(CCC(O)O)C1C1CCC3(C#CC(CC(O)C(O)CC(C4=C(CC)CNC(N)=C4)c4ccc6ccccc6c4)c4cc(O)c(OC)cc4CCC3=O)C(O)C1)C25. The fourth-order valence-electron chi connectivity index (χ4n) is 19.9. The molecule has 3 aromatic carbocycles. The molecule has 0 bridgehead atoms. The van der Waals surface area contributed by atoms with Gasteiger partial charge in [0.25, 0.3) is 0 Å². The van der Waals surface area contributed by atoms with Crippen LogP contribution in [0, 0.1) is 70.0 Å². The maximum Gasteiger partial charge on any atom is 0.160 e. The number of phenols is 1. The van der Waals surface area contributed by atoms with Gasteiger partial charge in [0.15, 0.2) is 23.6 Å². The van der Waals surface area contributed by atoms with E-state index in [2.05, 4.69) is 83.2 Å². The third-order valence-electron chi connectivity index (χ3n) is 23.4. The van der Waals surface area contributed by atoms with Gasteiger partial charge in [0.05, 0.1) is 31.2 Å². The molecule has 84 heavy (non-hydrogen) atoms. The van der Waals surface area contributed by atoms with Gasteiger partial charge in [0, 0.05) is 66.9 Å². The van der Waals surface area contributed by atoms with E-state index in [1.54, 1.807) is 12.1 Å². The molecule has 17 atom stereocenters. The van der Waals surface area contributed by atoms with Crippen molar-refractivity contribution in [2.45, 2.75) is 171 Å². The van der Waals surface area contributed by atoms with Crippen molar-refractivity contribution in [2.24, 2.45) is 63.9 Å². The molecule has 2 spiro atoms. The summed E-state index contributed by atoms with van der Waals surface area (Å²) < 4.78 is 5.61. The highest BCUT2D eigenvalue weighted by Gasteiger charge is 2.68. The Morgan fingerprint density at radius 1 is 0.917 bits per heavy atom. The van der Waals surface area contributed by atoms with Crippen LogP contribution in [0.3, 0.4) is 0 Å². The van der Waals surface area contributed by atoms with Crippen LogP contribution in [0.5, 0.6) is 11.5 Å². The number of benzene rings is 3. The van der Waals surface area contributed by atoms with Gasteiger partial charge in [0.2, 0.25) is 0 Å². The number of nitrogens with one attached hydrogen (secondary N) is 4. The molecule has 0 amide bonds. The number of nitrogens with two attached hydrogens (primary N) is 1. The van der Waals surface area contributed by atoms with Crippen LogP contribution in [0.25, 0.3) is 10.8 Å². The Kier molecular flexibility index (Phi) is 15.7. The zero-order valence-electron chi connectivity index (χ0n) is 49.3. The van der Waals surface area contributed by atoms with Gasteiger partial charge >= 0.3 is 0 Å². The summed E-state index contributed by atoms with van der Waals surface area (Å²) in [6, 6.07) is 18.0. The number of piperidine rings is 1. The molecule has 9 aliphatic rings. The number of aromatic amines is 1. The summed E-state index contributed by atoms with van der Waals surface area (Å²) in [4.78, 5) is 33.8. The number of carbonyl (C=O) groups is 2. The summed E-state index contributed by atoms with van der Waals surface area (Å²) in [5, 5.41) is 83.8. The lowest BCUT2D eigenvalue weighted by Crippen LogP contribution is -2.68. The molecule has 12 N–H and O–H groups in total. The monoisotopic (exact) mass is 1140 g/mol. The van der Waals surface area contributed by atoms with Gasteiger partial charge in [-0.1, -0.05) is 81.0 Å². The van der Waals surface area contributed by atoms with Crippen LogP contribution in [0.15, 0.2) is 83.8 Å². The smallest absolute Gasteiger partial charge is 0.160 e. The molecule has 2 aliphatic heterocycles. The molecule has 17 unspecified atom stereocenters. The fourth-order valence-corrected chi connectivity index (χ4v) is 19.9. The molecule has 14 nitrogen and oxygen atoms in total. The van der Waals surface area contributed by atoms with Crippen molar-refractivity contribution >= 4 is 22.3 Å². The minimum atomic E-state index is -1.46. The van der Waals surface area contributed by atoms with Crippen molar-refractivity contribution in [2.75, 3.05) is 33.3 Å². The van der Waals surface area contributed by atoms with Crippen molar-refractivity contribution in [3.8, 4) is 23.3 Å². The number of hydrogen-bond acceptors (Lipinski definition) is 13. The number of aromatic nitrogens is 1. The van der Waals surface area contributed by atoms with Crippen molar-refractivity contribution in [3.05, 3.63) is 117 Å². The van der Waals surface area contributed by atoms with E-state index in [1.165, 1.54) is 42.3 Å². The summed E-state index contributed by atoms with van der Waals surface area (Å²) in [5.74, 6) is 8.31. The predicted molar refractivity (Wildman–Crippen MR) is 323 cm³/mol. The van der Waals surface area contributed by atoms with Gasteiger partial charge < -0.3 is 62.0 Å². The second-order valence-corrected chi connectivity index (χ2v) is 27.3. The molecule has 1 saturated heterocycles. The van der Waals surface area contributed by atoms with E-state index in [4.69, 9.17) is 10.5 Å². The van der Waals surface area contributed by atoms with E-state index in [9.17, 15) is 35.4 Å². The van der Waals surface area contributed by atoms with Gasteiger partial charge in [-0.3, -0.25) is 9.59 Å². The Morgan fingerprint density at radius 3 is 2.49 bits per heavy atom. The number of aryl methyl sites for hydroxylation is 1. The molecule has 0 radical (unpaired) electrons. The molecule has 5 fully saturated rings. The lowest BCUT2D eigenvalue weighted by molar-refractivity contribution is -0.151. The van der Waals surface area contributed by atoms with Crippen LogP contribution in [-0.4, -0.2) is 111 Å². The number of allylic oxidation sites excluding steroid dienone is 2. The zero-order chi connectivity index (χ0) is 58.3. The number of H-pyrrole nitrogens is 1. The molecule has 14 heteroatoms. The first-order chi connectivity index (χ1) is 40.6. The average molecular weight is 1140 g/mol. The number of ketones is 2. The van der Waals surface area contributed by atoms with Crippen LogP contribution < -0.4 is 26.4 Å². The first kappa shape index (κ1) is 57.6. The summed E-state index contributed by atoms with van der Waals surface area (Å²) in [6.07, 6.45) is 8.75. The molecule has 3 heterocycles. The molecular weight excluding hydrogens is 1050 g/mol. The maximum absolute atomic E-state index is 15.2. The second kappa shape index (κ2) is 23.0. The minimum absolute atomic E-state index is 0.00875. The first-order valence-electron chi connectivity index (χ1n) is 32.1. The number of phenolic OH excluding ortho intramolecular Hbond substituents is 1. The molecule has 4 aromatic rings. The van der Waals surface area contributed by atoms with E-state index in [1.807, 2.05) is 18.2 Å². The van der Waals surface area contributed by atoms with Gasteiger partial charge in [-0.2, -0.15) is 0 Å². The predicted octanol–water partition coefficient (Wildman–Crippen LogP) is 8.00. The van der Waals surface area contributed by atoms with Crippen molar-refractivity contribution < 1.29 is 45.0 Å². The zero-order valence-corrected chi connectivity index (χ0v) is 49.3. The number of aliphatic hydroxyl groups excluding tert-OH is 4. The van der Waals surface area contributed by atoms with Gasteiger partial charge in [-0.05, 0) is 211 Å². The Labute approximate surface area is 494 Å². The molecule has 13 rings (SSSR count). The highest BCUT2D eigenvalue weighted by molar-refractivity contribution is 5.89. The van der Waals surface area contributed by atoms with E-state index in [0.29, 0.717) is 55.8 Å². The van der Waals surface area contributed by atoms with Crippen LogP contribution in [-0.2, 0) is 22.4 Å². The lowest BCUT2D eigenvalue weighted by atomic mass is 9.39. The summed E-state index contributed by atoms with van der Waals surface area (Å²) in [5.41, 5.74) is 13.7. The van der Waals surface area contributed by atoms with E-state index < -0.39 is 35.9 Å². The second-order valence-electron chi connectivity index (χ2n) is 27.3.